The molecule has 0 atom stereocenters. The molecule has 2 heterocycles. The van der Waals surface area contributed by atoms with Crippen molar-refractivity contribution < 1.29 is 9.59 Å². The number of ketones is 1. The van der Waals surface area contributed by atoms with Crippen LogP contribution >= 0.6 is 0 Å². The smallest absolute Gasteiger partial charge is 0.242 e. The monoisotopic (exact) mass is 268 g/mol. The predicted octanol–water partition coefficient (Wildman–Crippen LogP) is 1.31. The van der Waals surface area contributed by atoms with Gasteiger partial charge in [-0.2, -0.15) is 5.10 Å². The number of rotatable bonds is 5. The highest BCUT2D eigenvalue weighted by molar-refractivity contribution is 6.35. The van der Waals surface area contributed by atoms with E-state index in [1.54, 1.807) is 15.6 Å². The number of Topliss-reactive ketones (excluding diaryl/α,β-unsaturated/α-hetero) is 1. The number of nitrogens with zero attached hydrogens (tertiary/aromatic N) is 4. The molecule has 0 fully saturated rings. The second-order valence-electron chi connectivity index (χ2n) is 4.40. The van der Waals surface area contributed by atoms with Gasteiger partial charge in [0, 0.05) is 23.5 Å². The van der Waals surface area contributed by atoms with Gasteiger partial charge in [0.25, 0.3) is 0 Å². The standard InChI is InChI=1S/C14H12N4O2/c19-8-13(20)14-12-4-2-1-3-11(12)7-17(14)5-6-18-10-15-9-16-18/h1-4,7-10H,5-6H2. The van der Waals surface area contributed by atoms with Gasteiger partial charge in [0.15, 0.2) is 6.29 Å². The number of carbonyl (C=O) groups is 2. The van der Waals surface area contributed by atoms with Crippen molar-refractivity contribution in [1.82, 2.24) is 19.3 Å². The largest absolute Gasteiger partial charge is 0.342 e. The van der Waals surface area contributed by atoms with Crippen LogP contribution in [0.4, 0.5) is 0 Å². The van der Waals surface area contributed by atoms with Crippen LogP contribution in [0, 0.1) is 0 Å². The number of hydrogen-bond acceptors (Lipinski definition) is 4. The van der Waals surface area contributed by atoms with Crippen LogP contribution in [-0.2, 0) is 17.9 Å². The fourth-order valence-electron chi connectivity index (χ4n) is 2.28. The summed E-state index contributed by atoms with van der Waals surface area (Å²) in [4.78, 5) is 26.6. The molecule has 0 bridgehead atoms. The van der Waals surface area contributed by atoms with Gasteiger partial charge >= 0.3 is 0 Å². The van der Waals surface area contributed by atoms with Crippen molar-refractivity contribution in [3.63, 3.8) is 0 Å². The summed E-state index contributed by atoms with van der Waals surface area (Å²) in [6, 6.07) is 7.52. The normalized spacial score (nSPS) is 10.8. The van der Waals surface area contributed by atoms with Gasteiger partial charge in [-0.1, -0.05) is 24.3 Å². The van der Waals surface area contributed by atoms with E-state index in [1.807, 2.05) is 30.5 Å². The van der Waals surface area contributed by atoms with Gasteiger partial charge in [-0.05, 0) is 0 Å². The third kappa shape index (κ3) is 2.11. The van der Waals surface area contributed by atoms with Crippen LogP contribution in [0.15, 0.2) is 43.1 Å². The lowest BCUT2D eigenvalue weighted by atomic mass is 10.1. The van der Waals surface area contributed by atoms with Crippen molar-refractivity contribution >= 4 is 22.8 Å². The van der Waals surface area contributed by atoms with Gasteiger partial charge in [-0.25, -0.2) is 4.98 Å². The SMILES string of the molecule is O=CC(=O)c1c2ccccc2cn1CCn1cncn1. The zero-order chi connectivity index (χ0) is 13.9. The number of hydrogen-bond donors (Lipinski definition) is 0. The van der Waals surface area contributed by atoms with Crippen molar-refractivity contribution in [3.8, 4) is 0 Å². The third-order valence-electron chi connectivity index (χ3n) is 3.18. The number of fused-ring (bicyclic) bond motifs is 1. The quantitative estimate of drug-likeness (QED) is 0.397. The van der Waals surface area contributed by atoms with Crippen LogP contribution < -0.4 is 0 Å². The highest BCUT2D eigenvalue weighted by Gasteiger charge is 2.15. The van der Waals surface area contributed by atoms with Crippen LogP contribution in [0.5, 0.6) is 0 Å². The first-order chi connectivity index (χ1) is 9.79. The number of benzene rings is 1. The molecule has 6 nitrogen and oxygen atoms in total. The maximum absolute atomic E-state index is 11.8. The van der Waals surface area contributed by atoms with E-state index in [-0.39, 0.29) is 0 Å². The first-order valence-electron chi connectivity index (χ1n) is 6.19. The maximum atomic E-state index is 11.8. The minimum atomic E-state index is -0.509. The van der Waals surface area contributed by atoms with E-state index in [2.05, 4.69) is 10.1 Å². The lowest BCUT2D eigenvalue weighted by molar-refractivity contribution is -0.104. The van der Waals surface area contributed by atoms with E-state index in [0.717, 1.165) is 10.8 Å². The molecule has 0 aliphatic carbocycles. The first kappa shape index (κ1) is 12.3. The van der Waals surface area contributed by atoms with Gasteiger partial charge in [-0.15, -0.1) is 0 Å². The second kappa shape index (κ2) is 5.08. The average Bonchev–Trinajstić information content (AvgIpc) is 3.11. The summed E-state index contributed by atoms with van der Waals surface area (Å²) < 4.78 is 3.48. The van der Waals surface area contributed by atoms with E-state index in [1.165, 1.54) is 6.33 Å². The van der Waals surface area contributed by atoms with Crippen LogP contribution in [0.3, 0.4) is 0 Å². The van der Waals surface area contributed by atoms with E-state index < -0.39 is 5.78 Å². The summed E-state index contributed by atoms with van der Waals surface area (Å²) in [5, 5.41) is 5.75. The van der Waals surface area contributed by atoms with Crippen molar-refractivity contribution in [2.75, 3.05) is 0 Å². The minimum absolute atomic E-state index is 0.355. The molecule has 0 aliphatic rings. The first-order valence-corrected chi connectivity index (χ1v) is 6.19. The Hall–Kier alpha value is -2.76. The Bertz CT molecular complexity index is 759. The van der Waals surface area contributed by atoms with Gasteiger partial charge in [0.1, 0.15) is 18.3 Å². The Kier molecular flexibility index (Phi) is 3.12. The van der Waals surface area contributed by atoms with Gasteiger partial charge < -0.3 is 4.57 Å². The molecule has 2 aromatic heterocycles. The fourth-order valence-corrected chi connectivity index (χ4v) is 2.28. The van der Waals surface area contributed by atoms with Crippen molar-refractivity contribution in [2.45, 2.75) is 13.1 Å². The van der Waals surface area contributed by atoms with Gasteiger partial charge in [0.05, 0.1) is 6.54 Å². The molecule has 0 saturated heterocycles. The Labute approximate surface area is 114 Å². The molecule has 1 aromatic carbocycles. The highest BCUT2D eigenvalue weighted by atomic mass is 16.2. The highest BCUT2D eigenvalue weighted by Crippen LogP contribution is 2.21. The number of aromatic nitrogens is 4. The maximum Gasteiger partial charge on any atom is 0.242 e. The van der Waals surface area contributed by atoms with Crippen molar-refractivity contribution in [2.24, 2.45) is 0 Å². The molecule has 0 amide bonds. The number of carbonyl (C=O) groups excluding carboxylic acids is 2. The third-order valence-corrected chi connectivity index (χ3v) is 3.18. The number of aldehydes is 1. The topological polar surface area (TPSA) is 69.8 Å². The van der Waals surface area contributed by atoms with Crippen molar-refractivity contribution in [1.29, 1.82) is 0 Å². The van der Waals surface area contributed by atoms with Crippen LogP contribution in [0.25, 0.3) is 10.8 Å². The molecule has 0 spiro atoms. The van der Waals surface area contributed by atoms with Gasteiger partial charge in [0.2, 0.25) is 5.78 Å². The summed E-state index contributed by atoms with van der Waals surface area (Å²) in [5.41, 5.74) is 0.427. The van der Waals surface area contributed by atoms with E-state index >= 15 is 0 Å². The molecule has 0 aliphatic heterocycles. The lowest BCUT2D eigenvalue weighted by Gasteiger charge is -2.06. The summed E-state index contributed by atoms with van der Waals surface area (Å²) in [5.74, 6) is -0.509. The van der Waals surface area contributed by atoms with Crippen LogP contribution in [-0.4, -0.2) is 31.4 Å². The van der Waals surface area contributed by atoms with E-state index in [9.17, 15) is 9.59 Å². The minimum Gasteiger partial charge on any atom is -0.342 e. The molecule has 0 N–H and O–H groups in total. The molecule has 0 saturated carbocycles. The number of aryl methyl sites for hydroxylation is 2. The molecule has 100 valence electrons. The zero-order valence-electron chi connectivity index (χ0n) is 10.6. The summed E-state index contributed by atoms with van der Waals surface area (Å²) in [6.07, 6.45) is 5.31. The second-order valence-corrected chi connectivity index (χ2v) is 4.40. The molecule has 20 heavy (non-hydrogen) atoms. The molecule has 3 aromatic rings. The molecular formula is C14H12N4O2. The Morgan fingerprint density at radius 3 is 2.85 bits per heavy atom. The van der Waals surface area contributed by atoms with E-state index in [4.69, 9.17) is 0 Å². The Morgan fingerprint density at radius 2 is 2.10 bits per heavy atom. The fraction of sp³-hybridized carbons (Fsp3) is 0.143. The lowest BCUT2D eigenvalue weighted by Crippen LogP contribution is -2.13. The Balaban J connectivity index is 2.00. The molecular weight excluding hydrogens is 256 g/mol. The average molecular weight is 268 g/mol. The Morgan fingerprint density at radius 1 is 1.25 bits per heavy atom. The summed E-state index contributed by atoms with van der Waals surface area (Å²) in [7, 11) is 0. The zero-order valence-corrected chi connectivity index (χ0v) is 10.6. The summed E-state index contributed by atoms with van der Waals surface area (Å²) in [6.45, 7) is 1.13. The molecule has 0 unspecified atom stereocenters. The predicted molar refractivity (Wildman–Crippen MR) is 72.4 cm³/mol. The molecule has 0 radical (unpaired) electrons. The summed E-state index contributed by atoms with van der Waals surface area (Å²) >= 11 is 0. The van der Waals surface area contributed by atoms with Crippen molar-refractivity contribution in [3.05, 3.63) is 48.8 Å². The van der Waals surface area contributed by atoms with Gasteiger partial charge in [-0.3, -0.25) is 14.3 Å². The molecule has 6 heteroatoms. The van der Waals surface area contributed by atoms with Crippen LogP contribution in [0.1, 0.15) is 10.5 Å². The van der Waals surface area contributed by atoms with Crippen LogP contribution in [0.2, 0.25) is 0 Å². The van der Waals surface area contributed by atoms with E-state index in [0.29, 0.717) is 25.1 Å². The molecule has 3 rings (SSSR count).